The Morgan fingerprint density at radius 2 is 1.90 bits per heavy atom. The number of methoxy groups -OCH3 is 1. The van der Waals surface area contributed by atoms with E-state index in [1.165, 1.54) is 0 Å². The van der Waals surface area contributed by atoms with Gasteiger partial charge in [-0.2, -0.15) is 0 Å². The van der Waals surface area contributed by atoms with E-state index in [9.17, 15) is 14.7 Å². The molecule has 6 nitrogen and oxygen atoms in total. The zero-order chi connectivity index (χ0) is 21.0. The largest absolute Gasteiger partial charge is 0.496 e. The van der Waals surface area contributed by atoms with Crippen LogP contribution in [0.5, 0.6) is 5.75 Å². The van der Waals surface area contributed by atoms with Crippen LogP contribution >= 0.6 is 0 Å². The number of aliphatic carboxylic acids is 1. The third-order valence-corrected chi connectivity index (χ3v) is 4.87. The maximum atomic E-state index is 12.0. The third kappa shape index (κ3) is 4.54. The van der Waals surface area contributed by atoms with Crippen LogP contribution in [0.1, 0.15) is 25.0 Å². The number of hydrogen-bond donors (Lipinski definition) is 1. The fourth-order valence-electron chi connectivity index (χ4n) is 3.39. The van der Waals surface area contributed by atoms with Crippen LogP contribution in [0.15, 0.2) is 48.5 Å². The topological polar surface area (TPSA) is 79.7 Å². The van der Waals surface area contributed by atoms with E-state index in [0.717, 1.165) is 16.5 Å². The quantitative estimate of drug-likeness (QED) is 0.659. The average Bonchev–Trinajstić information content (AvgIpc) is 2.70. The second-order valence-corrected chi connectivity index (χ2v) is 6.83. The van der Waals surface area contributed by atoms with Gasteiger partial charge < -0.3 is 14.7 Å². The van der Waals surface area contributed by atoms with Gasteiger partial charge in [0.05, 0.1) is 24.7 Å². The van der Waals surface area contributed by atoms with Crippen molar-refractivity contribution in [2.45, 2.75) is 26.8 Å². The van der Waals surface area contributed by atoms with Gasteiger partial charge in [-0.25, -0.2) is 4.98 Å². The molecular formula is C23H24N2O4. The number of aromatic nitrogens is 1. The van der Waals surface area contributed by atoms with Gasteiger partial charge in [-0.05, 0) is 42.3 Å². The van der Waals surface area contributed by atoms with E-state index >= 15 is 0 Å². The van der Waals surface area contributed by atoms with Crippen molar-refractivity contribution in [2.24, 2.45) is 0 Å². The van der Waals surface area contributed by atoms with Crippen LogP contribution in [-0.2, 0) is 22.6 Å². The molecule has 29 heavy (non-hydrogen) atoms. The zero-order valence-electron chi connectivity index (χ0n) is 16.8. The number of pyridine rings is 1. The van der Waals surface area contributed by atoms with Gasteiger partial charge in [0.25, 0.3) is 0 Å². The van der Waals surface area contributed by atoms with E-state index in [1.54, 1.807) is 37.1 Å². The second-order valence-electron chi connectivity index (χ2n) is 6.83. The van der Waals surface area contributed by atoms with Crippen LogP contribution < -0.4 is 4.74 Å². The van der Waals surface area contributed by atoms with Crippen molar-refractivity contribution < 1.29 is 19.4 Å². The normalized spacial score (nSPS) is 10.7. The molecule has 0 spiro atoms. The molecule has 0 fully saturated rings. The van der Waals surface area contributed by atoms with Crippen molar-refractivity contribution in [1.29, 1.82) is 0 Å². The molecular weight excluding hydrogens is 368 g/mol. The van der Waals surface area contributed by atoms with E-state index in [1.807, 2.05) is 37.3 Å². The summed E-state index contributed by atoms with van der Waals surface area (Å²) >= 11 is 0. The Morgan fingerprint density at radius 1 is 1.14 bits per heavy atom. The summed E-state index contributed by atoms with van der Waals surface area (Å²) in [7, 11) is 1.57. The first kappa shape index (κ1) is 20.3. The number of carbonyl (C=O) groups is 2. The Morgan fingerprint density at radius 3 is 2.55 bits per heavy atom. The molecule has 1 heterocycles. The Labute approximate surface area is 169 Å². The summed E-state index contributed by atoms with van der Waals surface area (Å²) in [6, 6.07) is 15.1. The number of carboxylic acid groups (broad SMARTS) is 1. The third-order valence-electron chi connectivity index (χ3n) is 4.87. The number of fused-ring (bicyclic) bond motifs is 1. The van der Waals surface area contributed by atoms with E-state index in [0.29, 0.717) is 35.7 Å². The molecule has 0 aliphatic rings. The number of amides is 1. The minimum atomic E-state index is -0.901. The minimum Gasteiger partial charge on any atom is -0.496 e. The lowest BCUT2D eigenvalue weighted by molar-refractivity contribution is -0.136. The van der Waals surface area contributed by atoms with Crippen LogP contribution in [0.2, 0.25) is 0 Å². The fourth-order valence-corrected chi connectivity index (χ4v) is 3.39. The van der Waals surface area contributed by atoms with Gasteiger partial charge >= 0.3 is 5.97 Å². The summed E-state index contributed by atoms with van der Waals surface area (Å²) in [6.45, 7) is 4.47. The molecule has 0 bridgehead atoms. The SMILES string of the molecule is CCN(Cc1cc2ccccc2nc1-c1cc(CC(=O)O)ccc1OC)C(C)=O. The standard InChI is InChI=1S/C23H24N2O4/c1-4-25(15(2)26)14-18-13-17-7-5-6-8-20(17)24-23(18)19-11-16(12-22(27)28)9-10-21(19)29-3/h5-11,13H,4,12,14H2,1-3H3,(H,27,28). The van der Waals surface area contributed by atoms with E-state index in [2.05, 4.69) is 0 Å². The number of ether oxygens (including phenoxy) is 1. The van der Waals surface area contributed by atoms with Crippen molar-refractivity contribution in [3.8, 4) is 17.0 Å². The Balaban J connectivity index is 2.22. The lowest BCUT2D eigenvalue weighted by atomic mass is 9.99. The molecule has 3 rings (SSSR count). The summed E-state index contributed by atoms with van der Waals surface area (Å²) < 4.78 is 5.54. The predicted molar refractivity (Wildman–Crippen MR) is 112 cm³/mol. The number of hydrogen-bond acceptors (Lipinski definition) is 4. The van der Waals surface area contributed by atoms with Gasteiger partial charge in [-0.15, -0.1) is 0 Å². The molecule has 0 saturated heterocycles. The smallest absolute Gasteiger partial charge is 0.307 e. The lowest BCUT2D eigenvalue weighted by Gasteiger charge is -2.22. The van der Waals surface area contributed by atoms with Crippen LogP contribution in [0, 0.1) is 0 Å². The minimum absolute atomic E-state index is 0.0156. The summed E-state index contributed by atoms with van der Waals surface area (Å²) in [5, 5.41) is 10.1. The second kappa shape index (κ2) is 8.73. The molecule has 0 atom stereocenters. The molecule has 3 aromatic rings. The van der Waals surface area contributed by atoms with Gasteiger partial charge in [0.1, 0.15) is 5.75 Å². The molecule has 0 unspecified atom stereocenters. The average molecular weight is 392 g/mol. The van der Waals surface area contributed by atoms with Crippen molar-refractivity contribution in [1.82, 2.24) is 9.88 Å². The first-order valence-electron chi connectivity index (χ1n) is 9.46. The zero-order valence-corrected chi connectivity index (χ0v) is 16.8. The van der Waals surface area contributed by atoms with Crippen molar-refractivity contribution in [3.05, 3.63) is 59.7 Å². The van der Waals surface area contributed by atoms with Gasteiger partial charge in [-0.1, -0.05) is 24.3 Å². The monoisotopic (exact) mass is 392 g/mol. The Kier molecular flexibility index (Phi) is 6.12. The maximum Gasteiger partial charge on any atom is 0.307 e. The van der Waals surface area contributed by atoms with Crippen LogP contribution in [-0.4, -0.2) is 40.5 Å². The summed E-state index contributed by atoms with van der Waals surface area (Å²) in [5.41, 5.74) is 3.77. The van der Waals surface area contributed by atoms with E-state index in [4.69, 9.17) is 9.72 Å². The Bertz CT molecular complexity index is 1060. The molecule has 1 aromatic heterocycles. The number of para-hydroxylation sites is 1. The van der Waals surface area contributed by atoms with Crippen molar-refractivity contribution in [2.75, 3.05) is 13.7 Å². The molecule has 1 N–H and O–H groups in total. The molecule has 0 radical (unpaired) electrons. The first-order chi connectivity index (χ1) is 13.9. The molecule has 0 aliphatic carbocycles. The number of carboxylic acids is 1. The number of benzene rings is 2. The number of carbonyl (C=O) groups excluding carboxylic acids is 1. The van der Waals surface area contributed by atoms with Crippen LogP contribution in [0.3, 0.4) is 0 Å². The highest BCUT2D eigenvalue weighted by molar-refractivity contribution is 5.85. The van der Waals surface area contributed by atoms with Crippen molar-refractivity contribution in [3.63, 3.8) is 0 Å². The lowest BCUT2D eigenvalue weighted by Crippen LogP contribution is -2.28. The van der Waals surface area contributed by atoms with Crippen LogP contribution in [0.25, 0.3) is 22.2 Å². The van der Waals surface area contributed by atoms with Gasteiger partial charge in [0.2, 0.25) is 5.91 Å². The molecule has 2 aromatic carbocycles. The molecule has 6 heteroatoms. The molecule has 0 aliphatic heterocycles. The molecule has 0 saturated carbocycles. The first-order valence-corrected chi connectivity index (χ1v) is 9.46. The maximum absolute atomic E-state index is 12.0. The summed E-state index contributed by atoms with van der Waals surface area (Å²) in [5.74, 6) is -0.311. The predicted octanol–water partition coefficient (Wildman–Crippen LogP) is 3.91. The van der Waals surface area contributed by atoms with Gasteiger partial charge in [-0.3, -0.25) is 9.59 Å². The number of nitrogens with zero attached hydrogens (tertiary/aromatic N) is 2. The highest BCUT2D eigenvalue weighted by Gasteiger charge is 2.18. The van der Waals surface area contributed by atoms with Gasteiger partial charge in [0, 0.05) is 31.0 Å². The highest BCUT2D eigenvalue weighted by Crippen LogP contribution is 2.34. The molecule has 1 amide bonds. The summed E-state index contributed by atoms with van der Waals surface area (Å²) in [6.07, 6.45) is -0.0888. The van der Waals surface area contributed by atoms with E-state index in [-0.39, 0.29) is 12.3 Å². The van der Waals surface area contributed by atoms with Crippen LogP contribution in [0.4, 0.5) is 0 Å². The number of rotatable bonds is 7. The van der Waals surface area contributed by atoms with Crippen molar-refractivity contribution >= 4 is 22.8 Å². The summed E-state index contributed by atoms with van der Waals surface area (Å²) in [4.78, 5) is 29.8. The molecule has 150 valence electrons. The fraction of sp³-hybridized carbons (Fsp3) is 0.261. The van der Waals surface area contributed by atoms with E-state index < -0.39 is 5.97 Å². The Hall–Kier alpha value is -3.41. The van der Waals surface area contributed by atoms with Gasteiger partial charge in [0.15, 0.2) is 0 Å². The highest BCUT2D eigenvalue weighted by atomic mass is 16.5.